The molecule has 1 heterocycles. The Morgan fingerprint density at radius 3 is 2.33 bits per heavy atom. The summed E-state index contributed by atoms with van der Waals surface area (Å²) in [6, 6.07) is 0.330. The molecule has 5 nitrogen and oxygen atoms in total. The molecule has 0 bridgehead atoms. The van der Waals surface area contributed by atoms with E-state index < -0.39 is 5.97 Å². The zero-order valence-corrected chi connectivity index (χ0v) is 12.2. The Morgan fingerprint density at radius 2 is 1.89 bits per heavy atom. The van der Waals surface area contributed by atoms with Crippen LogP contribution in [0.4, 0.5) is 0 Å². The maximum absolute atomic E-state index is 10.7. The highest BCUT2D eigenvalue weighted by molar-refractivity contribution is 7.99. The number of thioether (sulfide) groups is 1. The van der Waals surface area contributed by atoms with Gasteiger partial charge in [-0.3, -0.25) is 4.79 Å². The normalized spacial score (nSPS) is 20.9. The molecule has 100 valence electrons. The Hall–Kier alpha value is -1.04. The van der Waals surface area contributed by atoms with Gasteiger partial charge in [-0.05, 0) is 17.8 Å². The highest BCUT2D eigenvalue weighted by Crippen LogP contribution is 2.71. The predicted octanol–water partition coefficient (Wildman–Crippen LogP) is 2.37. The van der Waals surface area contributed by atoms with Crippen molar-refractivity contribution in [3.05, 3.63) is 5.82 Å². The van der Waals surface area contributed by atoms with Crippen LogP contribution in [-0.2, 0) is 4.79 Å². The largest absolute Gasteiger partial charge is 0.481 e. The first-order valence-corrected chi connectivity index (χ1v) is 6.94. The van der Waals surface area contributed by atoms with Crippen molar-refractivity contribution in [1.29, 1.82) is 0 Å². The van der Waals surface area contributed by atoms with Crippen molar-refractivity contribution in [3.8, 4) is 0 Å². The molecule has 0 aliphatic heterocycles. The van der Waals surface area contributed by atoms with E-state index in [1.165, 1.54) is 11.8 Å². The number of aryl methyl sites for hydroxylation is 1. The summed E-state index contributed by atoms with van der Waals surface area (Å²) < 4.78 is 2.09. The van der Waals surface area contributed by atoms with Crippen molar-refractivity contribution in [1.82, 2.24) is 14.8 Å². The number of aliphatic carboxylic acids is 1. The smallest absolute Gasteiger partial charge is 0.313 e. The number of carbonyl (C=O) groups is 1. The zero-order chi connectivity index (χ0) is 13.7. The molecule has 0 saturated heterocycles. The molecular formula is C12H19N3O2S. The minimum absolute atomic E-state index is 0.0196. The Balaban J connectivity index is 2.29. The second-order valence-corrected chi connectivity index (χ2v) is 6.87. The van der Waals surface area contributed by atoms with Crippen LogP contribution in [0.2, 0.25) is 0 Å². The van der Waals surface area contributed by atoms with Gasteiger partial charge < -0.3 is 9.67 Å². The van der Waals surface area contributed by atoms with E-state index >= 15 is 0 Å². The topological polar surface area (TPSA) is 68.0 Å². The fourth-order valence-corrected chi connectivity index (χ4v) is 3.41. The fraction of sp³-hybridized carbons (Fsp3) is 0.750. The van der Waals surface area contributed by atoms with Crippen molar-refractivity contribution < 1.29 is 9.90 Å². The Labute approximate surface area is 111 Å². The molecule has 0 spiro atoms. The van der Waals surface area contributed by atoms with E-state index in [4.69, 9.17) is 5.11 Å². The lowest BCUT2D eigenvalue weighted by molar-refractivity contribution is -0.133. The monoisotopic (exact) mass is 269 g/mol. The highest BCUT2D eigenvalue weighted by atomic mass is 32.2. The number of carboxylic acid groups (broad SMARTS) is 1. The summed E-state index contributed by atoms with van der Waals surface area (Å²) in [7, 11) is 0. The summed E-state index contributed by atoms with van der Waals surface area (Å²) in [6.07, 6.45) is 0. The number of hydrogen-bond donors (Lipinski definition) is 1. The molecule has 2 rings (SSSR count). The van der Waals surface area contributed by atoms with Crippen LogP contribution >= 0.6 is 11.8 Å². The summed E-state index contributed by atoms with van der Waals surface area (Å²) in [5, 5.41) is 17.6. The van der Waals surface area contributed by atoms with Crippen molar-refractivity contribution in [2.24, 2.45) is 10.8 Å². The first-order valence-electron chi connectivity index (χ1n) is 5.95. The van der Waals surface area contributed by atoms with Gasteiger partial charge in [-0.2, -0.15) is 0 Å². The third-order valence-electron chi connectivity index (χ3n) is 4.36. The zero-order valence-electron chi connectivity index (χ0n) is 11.4. The minimum Gasteiger partial charge on any atom is -0.481 e. The number of hydrogen-bond acceptors (Lipinski definition) is 4. The first-order chi connectivity index (χ1) is 8.19. The van der Waals surface area contributed by atoms with Gasteiger partial charge in [-0.25, -0.2) is 0 Å². The summed E-state index contributed by atoms with van der Waals surface area (Å²) in [5.74, 6) is 0.0409. The number of nitrogens with zero attached hydrogens (tertiary/aromatic N) is 3. The van der Waals surface area contributed by atoms with Gasteiger partial charge in [-0.1, -0.05) is 39.5 Å². The van der Waals surface area contributed by atoms with Crippen LogP contribution in [0.1, 0.15) is 39.6 Å². The molecule has 1 aliphatic carbocycles. The van der Waals surface area contributed by atoms with Gasteiger partial charge in [0.1, 0.15) is 5.82 Å². The molecule has 6 heteroatoms. The van der Waals surface area contributed by atoms with Crippen LogP contribution in [0.5, 0.6) is 0 Å². The molecule has 0 radical (unpaired) electrons. The molecule has 18 heavy (non-hydrogen) atoms. The quantitative estimate of drug-likeness (QED) is 0.850. The Morgan fingerprint density at radius 1 is 1.33 bits per heavy atom. The van der Waals surface area contributed by atoms with E-state index in [0.717, 1.165) is 5.82 Å². The maximum atomic E-state index is 10.7. The molecule has 1 saturated carbocycles. The molecule has 0 aromatic carbocycles. The molecule has 1 aromatic heterocycles. The van der Waals surface area contributed by atoms with Crippen molar-refractivity contribution in [2.75, 3.05) is 5.75 Å². The predicted molar refractivity (Wildman–Crippen MR) is 69.7 cm³/mol. The number of aromatic nitrogens is 3. The van der Waals surface area contributed by atoms with Crippen molar-refractivity contribution in [2.45, 2.75) is 45.8 Å². The first kappa shape index (κ1) is 13.4. The van der Waals surface area contributed by atoms with E-state index in [0.29, 0.717) is 11.2 Å². The van der Waals surface area contributed by atoms with Crippen LogP contribution in [0.15, 0.2) is 5.16 Å². The van der Waals surface area contributed by atoms with Gasteiger partial charge in [-0.15, -0.1) is 10.2 Å². The second kappa shape index (κ2) is 3.98. The van der Waals surface area contributed by atoms with Crippen molar-refractivity contribution >= 4 is 17.7 Å². The van der Waals surface area contributed by atoms with Gasteiger partial charge in [0.05, 0.1) is 5.75 Å². The van der Waals surface area contributed by atoms with Crippen LogP contribution in [0.25, 0.3) is 0 Å². The van der Waals surface area contributed by atoms with E-state index in [1.54, 1.807) is 0 Å². The molecular weight excluding hydrogens is 250 g/mol. The fourth-order valence-electron chi connectivity index (χ4n) is 2.68. The molecule has 1 fully saturated rings. The Kier molecular flexibility index (Phi) is 2.96. The van der Waals surface area contributed by atoms with E-state index in [1.807, 2.05) is 6.92 Å². The van der Waals surface area contributed by atoms with E-state index in [9.17, 15) is 4.79 Å². The molecule has 1 N–H and O–H groups in total. The van der Waals surface area contributed by atoms with E-state index in [2.05, 4.69) is 42.5 Å². The summed E-state index contributed by atoms with van der Waals surface area (Å²) in [6.45, 7) is 10.8. The van der Waals surface area contributed by atoms with Crippen LogP contribution in [0.3, 0.4) is 0 Å². The van der Waals surface area contributed by atoms with E-state index in [-0.39, 0.29) is 16.6 Å². The van der Waals surface area contributed by atoms with Gasteiger partial charge in [0, 0.05) is 6.04 Å². The second-order valence-electron chi connectivity index (χ2n) is 5.93. The summed E-state index contributed by atoms with van der Waals surface area (Å²) in [4.78, 5) is 10.7. The standard InChI is InChI=1S/C12H19N3O2S/c1-7-13-14-10(18-6-8(16)17)15(7)9-11(2,3)12(9,4)5/h9H,6H2,1-5H3,(H,16,17). The highest BCUT2D eigenvalue weighted by Gasteiger charge is 2.66. The molecule has 1 aromatic rings. The SMILES string of the molecule is Cc1nnc(SCC(=O)O)n1C1C(C)(C)C1(C)C. The van der Waals surface area contributed by atoms with Gasteiger partial charge >= 0.3 is 5.97 Å². The van der Waals surface area contributed by atoms with Gasteiger partial charge in [0.15, 0.2) is 5.16 Å². The van der Waals surface area contributed by atoms with Crippen LogP contribution < -0.4 is 0 Å². The lowest BCUT2D eigenvalue weighted by Crippen LogP contribution is -2.07. The van der Waals surface area contributed by atoms with Crippen LogP contribution in [0, 0.1) is 17.8 Å². The third kappa shape index (κ3) is 1.83. The lowest BCUT2D eigenvalue weighted by Gasteiger charge is -2.09. The summed E-state index contributed by atoms with van der Waals surface area (Å²) in [5.41, 5.74) is 0.358. The average Bonchev–Trinajstić information content (AvgIpc) is 2.55. The average molecular weight is 269 g/mol. The molecule has 0 unspecified atom stereocenters. The number of carboxylic acids is 1. The number of rotatable bonds is 4. The molecule has 0 amide bonds. The minimum atomic E-state index is -0.832. The van der Waals surface area contributed by atoms with Gasteiger partial charge in [0.25, 0.3) is 0 Å². The summed E-state index contributed by atoms with van der Waals surface area (Å²) >= 11 is 1.24. The lowest BCUT2D eigenvalue weighted by atomic mass is 10.0. The molecule has 1 aliphatic rings. The molecule has 0 atom stereocenters. The Bertz CT molecular complexity index is 480. The van der Waals surface area contributed by atoms with Crippen LogP contribution in [-0.4, -0.2) is 31.6 Å². The van der Waals surface area contributed by atoms with Crippen molar-refractivity contribution in [3.63, 3.8) is 0 Å². The maximum Gasteiger partial charge on any atom is 0.313 e. The van der Waals surface area contributed by atoms with Gasteiger partial charge in [0.2, 0.25) is 0 Å². The third-order valence-corrected chi connectivity index (χ3v) is 5.29.